The first-order valence-corrected chi connectivity index (χ1v) is 5.73. The monoisotopic (exact) mass is 236 g/mol. The average Bonchev–Trinajstić information content (AvgIpc) is 2.30. The van der Waals surface area contributed by atoms with Crippen LogP contribution in [0.15, 0.2) is 18.2 Å². The van der Waals surface area contributed by atoms with E-state index in [1.807, 2.05) is 25.1 Å². The topological polar surface area (TPSA) is 75.4 Å². The predicted octanol–water partition coefficient (Wildman–Crippen LogP) is 1.38. The number of aliphatic hydroxyl groups excluding tert-OH is 1. The van der Waals surface area contributed by atoms with E-state index in [1.54, 1.807) is 0 Å². The van der Waals surface area contributed by atoms with Crippen LogP contribution in [0.3, 0.4) is 0 Å². The molecule has 0 aromatic heterocycles. The molecule has 1 aromatic carbocycles. The van der Waals surface area contributed by atoms with E-state index in [-0.39, 0.29) is 12.5 Å². The molecule has 0 radical (unpaired) electrons. The van der Waals surface area contributed by atoms with Gasteiger partial charge in [-0.1, -0.05) is 26.0 Å². The molecular formula is C13H20N2O2. The summed E-state index contributed by atoms with van der Waals surface area (Å²) in [6, 6.07) is 5.08. The molecule has 0 bridgehead atoms. The van der Waals surface area contributed by atoms with E-state index in [9.17, 15) is 4.79 Å². The summed E-state index contributed by atoms with van der Waals surface area (Å²) in [7, 11) is 0. The molecule has 0 aliphatic heterocycles. The first-order chi connectivity index (χ1) is 7.95. The van der Waals surface area contributed by atoms with Gasteiger partial charge in [0.1, 0.15) is 6.04 Å². The molecule has 1 aromatic rings. The molecular weight excluding hydrogens is 216 g/mol. The Balaban J connectivity index is 2.90. The normalized spacial score (nSPS) is 12.6. The van der Waals surface area contributed by atoms with Crippen molar-refractivity contribution in [3.05, 3.63) is 29.3 Å². The van der Waals surface area contributed by atoms with E-state index in [2.05, 4.69) is 19.2 Å². The summed E-state index contributed by atoms with van der Waals surface area (Å²) >= 11 is 0. The number of hydrogen-bond acceptors (Lipinski definition) is 3. The fourth-order valence-electron chi connectivity index (χ4n) is 1.44. The van der Waals surface area contributed by atoms with Crippen molar-refractivity contribution in [1.29, 1.82) is 0 Å². The van der Waals surface area contributed by atoms with Crippen molar-refractivity contribution in [2.75, 3.05) is 11.9 Å². The second-order valence-corrected chi connectivity index (χ2v) is 4.51. The van der Waals surface area contributed by atoms with Crippen LogP contribution < -0.4 is 11.1 Å². The van der Waals surface area contributed by atoms with Gasteiger partial charge in [-0.15, -0.1) is 0 Å². The third kappa shape index (κ3) is 3.54. The van der Waals surface area contributed by atoms with Gasteiger partial charge >= 0.3 is 0 Å². The first-order valence-electron chi connectivity index (χ1n) is 5.73. The Kier molecular flexibility index (Phi) is 4.66. The summed E-state index contributed by atoms with van der Waals surface area (Å²) in [5.41, 5.74) is 8.34. The van der Waals surface area contributed by atoms with Crippen LogP contribution in [0, 0.1) is 6.92 Å². The van der Waals surface area contributed by atoms with Crippen LogP contribution in [0.1, 0.15) is 30.9 Å². The molecule has 94 valence electrons. The number of nitrogens with two attached hydrogens (primary N) is 1. The van der Waals surface area contributed by atoms with Gasteiger partial charge in [0, 0.05) is 5.69 Å². The second-order valence-electron chi connectivity index (χ2n) is 4.51. The number of rotatable bonds is 4. The van der Waals surface area contributed by atoms with Gasteiger partial charge in [-0.2, -0.15) is 0 Å². The molecule has 0 aliphatic rings. The minimum absolute atomic E-state index is 0.352. The Morgan fingerprint density at radius 1 is 1.47 bits per heavy atom. The van der Waals surface area contributed by atoms with Gasteiger partial charge in [0.05, 0.1) is 6.61 Å². The van der Waals surface area contributed by atoms with Crippen molar-refractivity contribution in [3.63, 3.8) is 0 Å². The Labute approximate surface area is 102 Å². The quantitative estimate of drug-likeness (QED) is 0.739. The number of hydrogen-bond donors (Lipinski definition) is 3. The zero-order valence-electron chi connectivity index (χ0n) is 10.5. The molecule has 17 heavy (non-hydrogen) atoms. The highest BCUT2D eigenvalue weighted by molar-refractivity contribution is 5.95. The van der Waals surface area contributed by atoms with Gasteiger partial charge in [0.25, 0.3) is 0 Å². The Morgan fingerprint density at radius 2 is 2.12 bits per heavy atom. The number of carbonyl (C=O) groups excluding carboxylic acids is 1. The van der Waals surface area contributed by atoms with Crippen LogP contribution in [0.25, 0.3) is 0 Å². The zero-order chi connectivity index (χ0) is 13.0. The van der Waals surface area contributed by atoms with Gasteiger partial charge in [-0.3, -0.25) is 4.79 Å². The first kappa shape index (κ1) is 13.7. The lowest BCUT2D eigenvalue weighted by atomic mass is 10.0. The highest BCUT2D eigenvalue weighted by atomic mass is 16.3. The highest BCUT2D eigenvalue weighted by Crippen LogP contribution is 2.22. The number of anilines is 1. The maximum Gasteiger partial charge on any atom is 0.243 e. The maximum absolute atomic E-state index is 11.6. The zero-order valence-corrected chi connectivity index (χ0v) is 10.5. The van der Waals surface area contributed by atoms with Crippen molar-refractivity contribution in [1.82, 2.24) is 0 Å². The van der Waals surface area contributed by atoms with Crippen LogP contribution in [0.5, 0.6) is 0 Å². The smallest absolute Gasteiger partial charge is 0.243 e. The number of aliphatic hydroxyl groups is 1. The third-order valence-corrected chi connectivity index (χ3v) is 2.72. The molecule has 4 nitrogen and oxygen atoms in total. The fraction of sp³-hybridized carbons (Fsp3) is 0.462. The summed E-state index contributed by atoms with van der Waals surface area (Å²) in [6.07, 6.45) is 0. The molecule has 1 unspecified atom stereocenters. The van der Waals surface area contributed by atoms with Crippen molar-refractivity contribution in [2.24, 2.45) is 5.73 Å². The SMILES string of the molecule is Cc1ccc(C(C)C)cc1NC(=O)C(N)CO. The molecule has 0 aliphatic carbocycles. The summed E-state index contributed by atoms with van der Waals surface area (Å²) in [5, 5.41) is 11.5. The minimum atomic E-state index is -0.878. The molecule has 0 saturated carbocycles. The Morgan fingerprint density at radius 3 is 2.65 bits per heavy atom. The van der Waals surface area contributed by atoms with Crippen LogP contribution in [0.4, 0.5) is 5.69 Å². The van der Waals surface area contributed by atoms with Crippen molar-refractivity contribution >= 4 is 11.6 Å². The number of aryl methyl sites for hydroxylation is 1. The largest absolute Gasteiger partial charge is 0.394 e. The molecule has 0 spiro atoms. The van der Waals surface area contributed by atoms with Gasteiger partial charge < -0.3 is 16.2 Å². The molecule has 4 N–H and O–H groups in total. The number of benzene rings is 1. The molecule has 1 atom stereocenters. The van der Waals surface area contributed by atoms with Gasteiger partial charge in [-0.25, -0.2) is 0 Å². The van der Waals surface area contributed by atoms with Crippen LogP contribution in [-0.2, 0) is 4.79 Å². The standard InChI is InChI=1S/C13H20N2O2/c1-8(2)10-5-4-9(3)12(6-10)15-13(17)11(14)7-16/h4-6,8,11,16H,7,14H2,1-3H3,(H,15,17). The van der Waals surface area contributed by atoms with Crippen molar-refractivity contribution < 1.29 is 9.90 Å². The maximum atomic E-state index is 11.6. The molecule has 1 rings (SSSR count). The summed E-state index contributed by atoms with van der Waals surface area (Å²) < 4.78 is 0. The van der Waals surface area contributed by atoms with E-state index in [1.165, 1.54) is 0 Å². The molecule has 0 fully saturated rings. The predicted molar refractivity (Wildman–Crippen MR) is 69.0 cm³/mol. The van der Waals surface area contributed by atoms with E-state index < -0.39 is 6.04 Å². The summed E-state index contributed by atoms with van der Waals surface area (Å²) in [5.74, 6) is 0.0364. The molecule has 0 saturated heterocycles. The summed E-state index contributed by atoms with van der Waals surface area (Å²) in [4.78, 5) is 11.6. The van der Waals surface area contributed by atoms with Crippen molar-refractivity contribution in [2.45, 2.75) is 32.7 Å². The van der Waals surface area contributed by atoms with E-state index in [0.717, 1.165) is 16.8 Å². The van der Waals surface area contributed by atoms with Gasteiger partial charge in [0.2, 0.25) is 5.91 Å². The molecule has 4 heteroatoms. The number of carbonyl (C=O) groups is 1. The average molecular weight is 236 g/mol. The van der Waals surface area contributed by atoms with Crippen LogP contribution in [-0.4, -0.2) is 23.7 Å². The van der Waals surface area contributed by atoms with Gasteiger partial charge in [0.15, 0.2) is 0 Å². The Bertz CT molecular complexity index is 402. The van der Waals surface area contributed by atoms with E-state index in [0.29, 0.717) is 5.92 Å². The lowest BCUT2D eigenvalue weighted by Crippen LogP contribution is -2.38. The van der Waals surface area contributed by atoms with E-state index >= 15 is 0 Å². The Hall–Kier alpha value is -1.39. The highest BCUT2D eigenvalue weighted by Gasteiger charge is 2.13. The third-order valence-electron chi connectivity index (χ3n) is 2.72. The number of amides is 1. The minimum Gasteiger partial charge on any atom is -0.394 e. The summed E-state index contributed by atoms with van der Waals surface area (Å²) in [6.45, 7) is 5.75. The van der Waals surface area contributed by atoms with Gasteiger partial charge in [-0.05, 0) is 30.0 Å². The lowest BCUT2D eigenvalue weighted by Gasteiger charge is -2.14. The number of nitrogens with one attached hydrogen (secondary N) is 1. The molecule has 1 amide bonds. The fourth-order valence-corrected chi connectivity index (χ4v) is 1.44. The second kappa shape index (κ2) is 5.80. The molecule has 0 heterocycles. The van der Waals surface area contributed by atoms with E-state index in [4.69, 9.17) is 10.8 Å². The van der Waals surface area contributed by atoms with Crippen LogP contribution >= 0.6 is 0 Å². The lowest BCUT2D eigenvalue weighted by molar-refractivity contribution is -0.118. The van der Waals surface area contributed by atoms with Crippen molar-refractivity contribution in [3.8, 4) is 0 Å². The van der Waals surface area contributed by atoms with Crippen LogP contribution in [0.2, 0.25) is 0 Å².